The van der Waals surface area contributed by atoms with Crippen molar-refractivity contribution >= 4 is 18.1 Å². The van der Waals surface area contributed by atoms with E-state index in [9.17, 15) is 4.79 Å². The first-order valence-corrected chi connectivity index (χ1v) is 9.83. The molecule has 0 saturated carbocycles. The van der Waals surface area contributed by atoms with Crippen LogP contribution in [-0.4, -0.2) is 11.1 Å². The summed E-state index contributed by atoms with van der Waals surface area (Å²) in [5.74, 6) is -0.890. The van der Waals surface area contributed by atoms with Gasteiger partial charge < -0.3 is 5.11 Å². The van der Waals surface area contributed by atoms with E-state index in [-0.39, 0.29) is 10.8 Å². The van der Waals surface area contributed by atoms with Crippen molar-refractivity contribution in [1.82, 2.24) is 0 Å². The minimum Gasteiger partial charge on any atom is -0.478 e. The number of aromatic carboxylic acids is 1. The molecule has 3 rings (SSSR count). The van der Waals surface area contributed by atoms with Crippen molar-refractivity contribution in [2.45, 2.75) is 64.7 Å². The second kappa shape index (κ2) is 6.99. The minimum atomic E-state index is -0.890. The maximum Gasteiger partial charge on any atom is 0.335 e. The summed E-state index contributed by atoms with van der Waals surface area (Å²) < 4.78 is 0. The Morgan fingerprint density at radius 3 is 2.04 bits per heavy atom. The smallest absolute Gasteiger partial charge is 0.335 e. The van der Waals surface area contributed by atoms with Gasteiger partial charge in [0.1, 0.15) is 0 Å². The number of hydrogen-bond donors (Lipinski definition) is 1. The fourth-order valence-corrected chi connectivity index (χ4v) is 4.06. The second-order valence-electron chi connectivity index (χ2n) is 8.98. The number of carboxylic acid groups (broad SMARTS) is 1. The van der Waals surface area contributed by atoms with Gasteiger partial charge in [-0.25, -0.2) is 4.79 Å². The normalized spacial score (nSPS) is 17.7. The number of aryl methyl sites for hydroxylation is 1. The van der Waals surface area contributed by atoms with Crippen LogP contribution in [0.25, 0.3) is 12.2 Å². The number of fused-ring (bicyclic) bond motifs is 1. The number of benzene rings is 2. The van der Waals surface area contributed by atoms with Gasteiger partial charge >= 0.3 is 5.97 Å². The lowest BCUT2D eigenvalue weighted by Crippen LogP contribution is -2.34. The second-order valence-corrected chi connectivity index (χ2v) is 8.98. The molecule has 27 heavy (non-hydrogen) atoms. The quantitative estimate of drug-likeness (QED) is 0.633. The summed E-state index contributed by atoms with van der Waals surface area (Å²) in [5.41, 5.74) is 7.36. The highest BCUT2D eigenvalue weighted by Gasteiger charge is 2.37. The molecule has 0 bridgehead atoms. The van der Waals surface area contributed by atoms with Gasteiger partial charge in [-0.3, -0.25) is 0 Å². The molecule has 2 heteroatoms. The van der Waals surface area contributed by atoms with Crippen LogP contribution in [0.1, 0.15) is 85.6 Å². The Bertz CT molecular complexity index is 883. The van der Waals surface area contributed by atoms with Crippen LogP contribution >= 0.6 is 0 Å². The SMILES string of the molecule is CCc1cc2c(cc1C=Cc1ccc(C(=O)O)cc1)C(C)(C)CCC2(C)C. The maximum atomic E-state index is 11.0. The molecule has 0 spiro atoms. The van der Waals surface area contributed by atoms with Gasteiger partial charge in [-0.2, -0.15) is 0 Å². The Kier molecular flexibility index (Phi) is 5.03. The molecule has 0 saturated heterocycles. The standard InChI is InChI=1S/C25H30O2/c1-6-18-15-21-22(25(4,5)14-13-24(21,2)3)16-20(18)12-9-17-7-10-19(11-8-17)23(26)27/h7-12,15-16H,6,13-14H2,1-5H3,(H,26,27). The molecule has 0 unspecified atom stereocenters. The van der Waals surface area contributed by atoms with Crippen molar-refractivity contribution in [2.24, 2.45) is 0 Å². The molecule has 2 aromatic carbocycles. The Hall–Kier alpha value is -2.35. The van der Waals surface area contributed by atoms with Gasteiger partial charge in [-0.15, -0.1) is 0 Å². The molecule has 0 amide bonds. The zero-order chi connectivity index (χ0) is 19.8. The van der Waals surface area contributed by atoms with Crippen molar-refractivity contribution in [1.29, 1.82) is 0 Å². The molecule has 2 nitrogen and oxygen atoms in total. The van der Waals surface area contributed by atoms with Gasteiger partial charge in [0.15, 0.2) is 0 Å². The predicted molar refractivity (Wildman–Crippen MR) is 113 cm³/mol. The van der Waals surface area contributed by atoms with E-state index in [1.54, 1.807) is 12.1 Å². The number of rotatable bonds is 4. The van der Waals surface area contributed by atoms with E-state index in [1.165, 1.54) is 35.1 Å². The lowest BCUT2D eigenvalue weighted by molar-refractivity contribution is 0.0697. The van der Waals surface area contributed by atoms with Crippen LogP contribution < -0.4 is 0 Å². The molecule has 1 aliphatic carbocycles. The molecular formula is C25H30O2. The van der Waals surface area contributed by atoms with Crippen LogP contribution in [0.3, 0.4) is 0 Å². The number of hydrogen-bond acceptors (Lipinski definition) is 1. The van der Waals surface area contributed by atoms with Gasteiger partial charge in [0.25, 0.3) is 0 Å². The summed E-state index contributed by atoms with van der Waals surface area (Å²) >= 11 is 0. The summed E-state index contributed by atoms with van der Waals surface area (Å²) in [4.78, 5) is 11.0. The summed E-state index contributed by atoms with van der Waals surface area (Å²) in [5, 5.41) is 9.04. The minimum absolute atomic E-state index is 0.197. The van der Waals surface area contributed by atoms with Crippen molar-refractivity contribution in [3.05, 3.63) is 69.8 Å². The van der Waals surface area contributed by atoms with E-state index in [2.05, 4.69) is 58.9 Å². The van der Waals surface area contributed by atoms with Crippen LogP contribution in [-0.2, 0) is 17.3 Å². The van der Waals surface area contributed by atoms with Crippen molar-refractivity contribution in [3.63, 3.8) is 0 Å². The summed E-state index contributed by atoms with van der Waals surface area (Å²) in [6.07, 6.45) is 7.68. The Morgan fingerprint density at radius 1 is 0.963 bits per heavy atom. The van der Waals surface area contributed by atoms with Gasteiger partial charge in [0, 0.05) is 0 Å². The largest absolute Gasteiger partial charge is 0.478 e. The number of carbonyl (C=O) groups is 1. The zero-order valence-electron chi connectivity index (χ0n) is 17.1. The van der Waals surface area contributed by atoms with Crippen LogP contribution in [0, 0.1) is 0 Å². The molecule has 1 N–H and O–H groups in total. The summed E-state index contributed by atoms with van der Waals surface area (Å²) in [7, 11) is 0. The van der Waals surface area contributed by atoms with Crippen LogP contribution in [0.2, 0.25) is 0 Å². The average Bonchev–Trinajstić information content (AvgIpc) is 2.63. The van der Waals surface area contributed by atoms with E-state index in [0.29, 0.717) is 5.56 Å². The molecule has 0 fully saturated rings. The molecular weight excluding hydrogens is 332 g/mol. The average molecular weight is 363 g/mol. The topological polar surface area (TPSA) is 37.3 Å². The van der Waals surface area contributed by atoms with Gasteiger partial charge in [0.05, 0.1) is 5.56 Å². The maximum absolute atomic E-state index is 11.0. The van der Waals surface area contributed by atoms with Crippen LogP contribution in [0.5, 0.6) is 0 Å². The third-order valence-corrected chi connectivity index (χ3v) is 6.11. The first-order valence-electron chi connectivity index (χ1n) is 9.83. The first-order chi connectivity index (χ1) is 12.6. The molecule has 0 radical (unpaired) electrons. The van der Waals surface area contributed by atoms with E-state index < -0.39 is 5.97 Å². The molecule has 142 valence electrons. The highest BCUT2D eigenvalue weighted by Crippen LogP contribution is 2.46. The third-order valence-electron chi connectivity index (χ3n) is 6.11. The van der Waals surface area contributed by atoms with Crippen molar-refractivity contribution in [3.8, 4) is 0 Å². The summed E-state index contributed by atoms with van der Waals surface area (Å²) in [6, 6.07) is 11.8. The molecule has 0 atom stereocenters. The van der Waals surface area contributed by atoms with E-state index >= 15 is 0 Å². The summed E-state index contributed by atoms with van der Waals surface area (Å²) in [6.45, 7) is 11.6. The molecule has 0 aromatic heterocycles. The van der Waals surface area contributed by atoms with Gasteiger partial charge in [-0.05, 0) is 70.0 Å². The van der Waals surface area contributed by atoms with E-state index in [4.69, 9.17) is 5.11 Å². The Morgan fingerprint density at radius 2 is 1.52 bits per heavy atom. The van der Waals surface area contributed by atoms with Crippen LogP contribution in [0.4, 0.5) is 0 Å². The number of carboxylic acids is 1. The zero-order valence-corrected chi connectivity index (χ0v) is 17.1. The fraction of sp³-hybridized carbons (Fsp3) is 0.400. The molecule has 1 aliphatic rings. The van der Waals surface area contributed by atoms with Gasteiger partial charge in [0.2, 0.25) is 0 Å². The molecule has 0 aliphatic heterocycles. The van der Waals surface area contributed by atoms with E-state index in [1.807, 2.05) is 12.1 Å². The lowest BCUT2D eigenvalue weighted by Gasteiger charge is -2.42. The van der Waals surface area contributed by atoms with E-state index in [0.717, 1.165) is 12.0 Å². The first kappa shape index (κ1) is 19.4. The monoisotopic (exact) mass is 362 g/mol. The third kappa shape index (κ3) is 3.85. The van der Waals surface area contributed by atoms with Crippen LogP contribution in [0.15, 0.2) is 36.4 Å². The van der Waals surface area contributed by atoms with Crippen molar-refractivity contribution in [2.75, 3.05) is 0 Å². The van der Waals surface area contributed by atoms with Crippen molar-refractivity contribution < 1.29 is 9.90 Å². The predicted octanol–water partition coefficient (Wildman–Crippen LogP) is 6.47. The van der Waals surface area contributed by atoms with Gasteiger partial charge in [-0.1, -0.05) is 71.0 Å². The Labute approximate surface area is 162 Å². The lowest BCUT2D eigenvalue weighted by atomic mass is 9.62. The fourth-order valence-electron chi connectivity index (χ4n) is 4.06. The highest BCUT2D eigenvalue weighted by atomic mass is 16.4. The Balaban J connectivity index is 2.02. The molecule has 2 aromatic rings. The molecule has 0 heterocycles. The highest BCUT2D eigenvalue weighted by molar-refractivity contribution is 5.88.